The summed E-state index contributed by atoms with van der Waals surface area (Å²) in [4.78, 5) is 1.25. The molecule has 1 heterocycles. The van der Waals surface area contributed by atoms with Crippen LogP contribution in [0.2, 0.25) is 0 Å². The Morgan fingerprint density at radius 3 is 2.35 bits per heavy atom. The van der Waals surface area contributed by atoms with Crippen LogP contribution < -0.4 is 5.32 Å². The first-order chi connectivity index (χ1) is 8.24. The third kappa shape index (κ3) is 2.58. The third-order valence-electron chi connectivity index (χ3n) is 2.61. The van der Waals surface area contributed by atoms with Crippen LogP contribution in [0.3, 0.4) is 0 Å². The van der Waals surface area contributed by atoms with Crippen molar-refractivity contribution >= 4 is 17.6 Å². The number of benzene rings is 1. The van der Waals surface area contributed by atoms with Crippen LogP contribution in [0, 0.1) is 6.92 Å². The first-order valence-electron chi connectivity index (χ1n) is 5.41. The molecule has 88 valence electrons. The Labute approximate surface area is 106 Å². The van der Waals surface area contributed by atoms with E-state index in [1.165, 1.54) is 4.90 Å². The highest BCUT2D eigenvalue weighted by molar-refractivity contribution is 7.98. The van der Waals surface area contributed by atoms with Crippen molar-refractivity contribution in [2.45, 2.75) is 11.8 Å². The standard InChI is InChI=1S/C13H15N3S/c1-9-8-12(15-16-13(9)14-2)10-4-6-11(17-3)7-5-10/h4-8H,1-3H3,(H,14,16). The van der Waals surface area contributed by atoms with Crippen molar-refractivity contribution in [1.82, 2.24) is 10.2 Å². The fraction of sp³-hybridized carbons (Fsp3) is 0.231. The van der Waals surface area contributed by atoms with Crippen molar-refractivity contribution in [2.24, 2.45) is 0 Å². The molecule has 0 spiro atoms. The van der Waals surface area contributed by atoms with E-state index in [4.69, 9.17) is 0 Å². The Hall–Kier alpha value is -1.55. The summed E-state index contributed by atoms with van der Waals surface area (Å²) in [7, 11) is 1.85. The number of aromatic nitrogens is 2. The Morgan fingerprint density at radius 1 is 1.12 bits per heavy atom. The van der Waals surface area contributed by atoms with Gasteiger partial charge in [0.25, 0.3) is 0 Å². The molecule has 0 radical (unpaired) electrons. The molecule has 1 aromatic heterocycles. The van der Waals surface area contributed by atoms with E-state index in [-0.39, 0.29) is 0 Å². The van der Waals surface area contributed by atoms with Crippen LogP contribution in [-0.2, 0) is 0 Å². The number of hydrogen-bond donors (Lipinski definition) is 1. The number of nitrogens with zero attached hydrogens (tertiary/aromatic N) is 2. The molecule has 4 heteroatoms. The van der Waals surface area contributed by atoms with Gasteiger partial charge in [0.15, 0.2) is 5.82 Å². The van der Waals surface area contributed by atoms with Gasteiger partial charge in [0.2, 0.25) is 0 Å². The molecular formula is C13H15N3S. The number of aryl methyl sites for hydroxylation is 1. The van der Waals surface area contributed by atoms with Gasteiger partial charge in [-0.2, -0.15) is 0 Å². The van der Waals surface area contributed by atoms with E-state index in [0.717, 1.165) is 22.6 Å². The van der Waals surface area contributed by atoms with Crippen molar-refractivity contribution in [1.29, 1.82) is 0 Å². The predicted octanol–water partition coefficient (Wildman–Crippen LogP) is 3.22. The zero-order chi connectivity index (χ0) is 12.3. The van der Waals surface area contributed by atoms with Crippen molar-refractivity contribution in [3.8, 4) is 11.3 Å². The fourth-order valence-electron chi connectivity index (χ4n) is 1.64. The van der Waals surface area contributed by atoms with Gasteiger partial charge in [-0.1, -0.05) is 12.1 Å². The van der Waals surface area contributed by atoms with Gasteiger partial charge in [0, 0.05) is 17.5 Å². The number of anilines is 1. The molecule has 1 aromatic carbocycles. The van der Waals surface area contributed by atoms with Crippen molar-refractivity contribution in [3.05, 3.63) is 35.9 Å². The van der Waals surface area contributed by atoms with E-state index in [1.807, 2.05) is 20.0 Å². The number of rotatable bonds is 3. The van der Waals surface area contributed by atoms with E-state index in [2.05, 4.69) is 46.0 Å². The smallest absolute Gasteiger partial charge is 0.151 e. The van der Waals surface area contributed by atoms with Crippen LogP contribution in [-0.4, -0.2) is 23.5 Å². The molecule has 0 fully saturated rings. The highest BCUT2D eigenvalue weighted by atomic mass is 32.2. The van der Waals surface area contributed by atoms with E-state index in [1.54, 1.807) is 11.8 Å². The average Bonchev–Trinajstić information content (AvgIpc) is 2.39. The molecule has 2 aromatic rings. The predicted molar refractivity (Wildman–Crippen MR) is 73.5 cm³/mol. The molecule has 0 amide bonds. The van der Waals surface area contributed by atoms with Crippen LogP contribution in [0.1, 0.15) is 5.56 Å². The van der Waals surface area contributed by atoms with Crippen molar-refractivity contribution in [2.75, 3.05) is 18.6 Å². The second-order valence-electron chi connectivity index (χ2n) is 3.74. The Morgan fingerprint density at radius 2 is 1.82 bits per heavy atom. The molecule has 0 saturated carbocycles. The Kier molecular flexibility index (Phi) is 3.64. The number of nitrogens with one attached hydrogen (secondary N) is 1. The lowest BCUT2D eigenvalue weighted by atomic mass is 10.1. The maximum atomic E-state index is 4.22. The number of hydrogen-bond acceptors (Lipinski definition) is 4. The summed E-state index contributed by atoms with van der Waals surface area (Å²) >= 11 is 1.74. The van der Waals surface area contributed by atoms with Crippen LogP contribution in [0.5, 0.6) is 0 Å². The largest absolute Gasteiger partial charge is 0.371 e. The summed E-state index contributed by atoms with van der Waals surface area (Å²) < 4.78 is 0. The topological polar surface area (TPSA) is 37.8 Å². The summed E-state index contributed by atoms with van der Waals surface area (Å²) in [6.07, 6.45) is 2.07. The van der Waals surface area contributed by atoms with Gasteiger partial charge in [-0.3, -0.25) is 0 Å². The fourth-order valence-corrected chi connectivity index (χ4v) is 2.04. The van der Waals surface area contributed by atoms with E-state index in [9.17, 15) is 0 Å². The van der Waals surface area contributed by atoms with E-state index in [0.29, 0.717) is 0 Å². The molecule has 0 atom stereocenters. The molecule has 1 N–H and O–H groups in total. The quantitative estimate of drug-likeness (QED) is 0.843. The minimum absolute atomic E-state index is 0.828. The summed E-state index contributed by atoms with van der Waals surface area (Å²) in [5, 5.41) is 11.4. The maximum Gasteiger partial charge on any atom is 0.151 e. The van der Waals surface area contributed by atoms with Crippen LogP contribution >= 0.6 is 11.8 Å². The molecular weight excluding hydrogens is 230 g/mol. The highest BCUT2D eigenvalue weighted by Gasteiger charge is 2.04. The zero-order valence-corrected chi connectivity index (χ0v) is 11.0. The van der Waals surface area contributed by atoms with Gasteiger partial charge in [-0.25, -0.2) is 0 Å². The zero-order valence-electron chi connectivity index (χ0n) is 10.2. The lowest BCUT2D eigenvalue weighted by Crippen LogP contribution is -1.98. The van der Waals surface area contributed by atoms with Gasteiger partial charge in [0.05, 0.1) is 5.69 Å². The van der Waals surface area contributed by atoms with Gasteiger partial charge in [-0.15, -0.1) is 22.0 Å². The maximum absolute atomic E-state index is 4.22. The molecule has 2 rings (SSSR count). The van der Waals surface area contributed by atoms with Crippen LogP contribution in [0.15, 0.2) is 35.2 Å². The van der Waals surface area contributed by atoms with Crippen LogP contribution in [0.4, 0.5) is 5.82 Å². The van der Waals surface area contributed by atoms with Gasteiger partial charge < -0.3 is 5.32 Å². The number of thioether (sulfide) groups is 1. The molecule has 0 saturated heterocycles. The summed E-state index contributed by atoms with van der Waals surface area (Å²) in [5.74, 6) is 0.828. The first-order valence-corrected chi connectivity index (χ1v) is 6.63. The van der Waals surface area contributed by atoms with Gasteiger partial charge in [-0.05, 0) is 36.9 Å². The lowest BCUT2D eigenvalue weighted by molar-refractivity contribution is 1.02. The second kappa shape index (κ2) is 5.19. The second-order valence-corrected chi connectivity index (χ2v) is 4.62. The minimum Gasteiger partial charge on any atom is -0.371 e. The minimum atomic E-state index is 0.828. The Balaban J connectivity index is 2.35. The van der Waals surface area contributed by atoms with Crippen LogP contribution in [0.25, 0.3) is 11.3 Å². The summed E-state index contributed by atoms with van der Waals surface area (Å²) in [5.41, 5.74) is 3.11. The molecule has 0 aliphatic heterocycles. The molecule has 17 heavy (non-hydrogen) atoms. The van der Waals surface area contributed by atoms with Crippen molar-refractivity contribution in [3.63, 3.8) is 0 Å². The van der Waals surface area contributed by atoms with Crippen molar-refractivity contribution < 1.29 is 0 Å². The molecule has 0 aliphatic carbocycles. The monoisotopic (exact) mass is 245 g/mol. The molecule has 0 unspecified atom stereocenters. The first kappa shape index (κ1) is 11.9. The summed E-state index contributed by atoms with van der Waals surface area (Å²) in [6.45, 7) is 2.03. The Bertz CT molecular complexity index is 509. The molecule has 3 nitrogen and oxygen atoms in total. The van der Waals surface area contributed by atoms with Gasteiger partial charge >= 0.3 is 0 Å². The normalized spacial score (nSPS) is 10.3. The highest BCUT2D eigenvalue weighted by Crippen LogP contribution is 2.23. The lowest BCUT2D eigenvalue weighted by Gasteiger charge is -2.06. The SMILES string of the molecule is CNc1nnc(-c2ccc(SC)cc2)cc1C. The van der Waals surface area contributed by atoms with Gasteiger partial charge in [0.1, 0.15) is 0 Å². The molecule has 0 bridgehead atoms. The van der Waals surface area contributed by atoms with E-state index >= 15 is 0 Å². The van der Waals surface area contributed by atoms with E-state index < -0.39 is 0 Å². The molecule has 0 aliphatic rings. The summed E-state index contributed by atoms with van der Waals surface area (Å²) in [6, 6.07) is 10.4. The third-order valence-corrected chi connectivity index (χ3v) is 3.35. The average molecular weight is 245 g/mol.